The molecule has 0 radical (unpaired) electrons. The topological polar surface area (TPSA) is 50.8 Å². The molecule has 0 spiro atoms. The first-order valence-electron chi connectivity index (χ1n) is 8.83. The average Bonchev–Trinajstić information content (AvgIpc) is 3.01. The summed E-state index contributed by atoms with van der Waals surface area (Å²) in [5.41, 5.74) is 1.92. The molecule has 0 bridgehead atoms. The summed E-state index contributed by atoms with van der Waals surface area (Å²) in [4.78, 5) is 14.6. The smallest absolute Gasteiger partial charge is 0.322 e. The van der Waals surface area contributed by atoms with Crippen LogP contribution >= 0.6 is 0 Å². The van der Waals surface area contributed by atoms with E-state index in [0.29, 0.717) is 13.2 Å². The second kappa shape index (κ2) is 7.05. The lowest BCUT2D eigenvalue weighted by Crippen LogP contribution is -2.34. The van der Waals surface area contributed by atoms with Crippen LogP contribution < -0.4 is 14.8 Å². The fourth-order valence-electron chi connectivity index (χ4n) is 3.46. The number of hydrogen-bond donors (Lipinski definition) is 1. The van der Waals surface area contributed by atoms with Crippen molar-refractivity contribution in [3.05, 3.63) is 54.1 Å². The molecule has 2 aromatic rings. The van der Waals surface area contributed by atoms with Gasteiger partial charge in [0.25, 0.3) is 0 Å². The number of hydrogen-bond acceptors (Lipinski definition) is 3. The number of carbonyl (C=O) groups excluding carboxylic acids is 1. The third-order valence-corrected chi connectivity index (χ3v) is 4.70. The Balaban J connectivity index is 1.53. The van der Waals surface area contributed by atoms with Crippen molar-refractivity contribution in [2.45, 2.75) is 25.3 Å². The summed E-state index contributed by atoms with van der Waals surface area (Å²) in [5.74, 6) is 1.57. The van der Waals surface area contributed by atoms with Crippen molar-refractivity contribution in [1.82, 2.24) is 4.90 Å². The first-order valence-corrected chi connectivity index (χ1v) is 8.83. The molecule has 2 aliphatic rings. The van der Waals surface area contributed by atoms with Gasteiger partial charge in [-0.25, -0.2) is 4.79 Å². The van der Waals surface area contributed by atoms with E-state index in [1.54, 1.807) is 0 Å². The molecular formula is C20H22N2O3. The van der Waals surface area contributed by atoms with Crippen LogP contribution in [0.15, 0.2) is 48.5 Å². The van der Waals surface area contributed by atoms with Gasteiger partial charge in [-0.15, -0.1) is 0 Å². The van der Waals surface area contributed by atoms with Crippen LogP contribution in [-0.2, 0) is 0 Å². The highest BCUT2D eigenvalue weighted by Crippen LogP contribution is 2.38. The highest BCUT2D eigenvalue weighted by molar-refractivity contribution is 5.89. The van der Waals surface area contributed by atoms with E-state index in [9.17, 15) is 4.79 Å². The average molecular weight is 338 g/mol. The molecule has 1 unspecified atom stereocenters. The number of benzene rings is 2. The van der Waals surface area contributed by atoms with Gasteiger partial charge in [0.1, 0.15) is 0 Å². The number of nitrogens with zero attached hydrogens (tertiary/aromatic N) is 1. The Morgan fingerprint density at radius 2 is 1.80 bits per heavy atom. The molecule has 1 N–H and O–H groups in total. The molecule has 0 aromatic heterocycles. The first kappa shape index (κ1) is 15.8. The lowest BCUT2D eigenvalue weighted by molar-refractivity contribution is 0.207. The highest BCUT2D eigenvalue weighted by Gasteiger charge is 2.30. The maximum atomic E-state index is 12.7. The Hall–Kier alpha value is -2.69. The van der Waals surface area contributed by atoms with Gasteiger partial charge in [0.05, 0.1) is 19.3 Å². The molecule has 5 heteroatoms. The predicted octanol–water partition coefficient (Wildman–Crippen LogP) is 4.22. The van der Waals surface area contributed by atoms with Crippen molar-refractivity contribution in [2.75, 3.05) is 25.1 Å². The zero-order chi connectivity index (χ0) is 17.1. The van der Waals surface area contributed by atoms with Crippen LogP contribution in [-0.4, -0.2) is 30.7 Å². The number of carbonyl (C=O) groups is 1. The minimum atomic E-state index is -0.0548. The molecule has 2 aromatic carbocycles. The van der Waals surface area contributed by atoms with Crippen molar-refractivity contribution in [1.29, 1.82) is 0 Å². The normalized spacial score (nSPS) is 19.4. The van der Waals surface area contributed by atoms with E-state index in [1.165, 1.54) is 0 Å². The summed E-state index contributed by atoms with van der Waals surface area (Å²) in [6.45, 7) is 2.11. The van der Waals surface area contributed by atoms with Crippen LogP contribution in [0.25, 0.3) is 0 Å². The van der Waals surface area contributed by atoms with E-state index in [2.05, 4.69) is 5.32 Å². The Labute approximate surface area is 147 Å². The zero-order valence-electron chi connectivity index (χ0n) is 14.1. The number of amides is 2. The van der Waals surface area contributed by atoms with Crippen LogP contribution in [0, 0.1) is 0 Å². The van der Waals surface area contributed by atoms with Crippen LogP contribution in [0.5, 0.6) is 11.5 Å². The highest BCUT2D eigenvalue weighted by atomic mass is 16.5. The summed E-state index contributed by atoms with van der Waals surface area (Å²) in [6.07, 6.45) is 2.85. The van der Waals surface area contributed by atoms with Crippen molar-refractivity contribution in [3.63, 3.8) is 0 Å². The largest absolute Gasteiger partial charge is 0.490 e. The molecule has 1 fully saturated rings. The Kier molecular flexibility index (Phi) is 4.46. The van der Waals surface area contributed by atoms with Gasteiger partial charge < -0.3 is 19.7 Å². The van der Waals surface area contributed by atoms with Gasteiger partial charge in [-0.05, 0) is 42.7 Å². The number of ether oxygens (including phenoxy) is 2. The zero-order valence-corrected chi connectivity index (χ0v) is 14.1. The molecule has 5 nitrogen and oxygen atoms in total. The molecule has 25 heavy (non-hydrogen) atoms. The number of rotatable bonds is 2. The number of anilines is 1. The van der Waals surface area contributed by atoms with Crippen LogP contribution in [0.3, 0.4) is 0 Å². The van der Waals surface area contributed by atoms with Crippen molar-refractivity contribution in [2.24, 2.45) is 0 Å². The quantitative estimate of drug-likeness (QED) is 0.892. The number of fused-ring (bicyclic) bond motifs is 1. The van der Waals surface area contributed by atoms with Crippen molar-refractivity contribution < 1.29 is 14.3 Å². The number of nitrogens with one attached hydrogen (secondary N) is 1. The molecular weight excluding hydrogens is 316 g/mol. The molecule has 0 aliphatic carbocycles. The molecule has 130 valence electrons. The molecule has 1 atom stereocenters. The summed E-state index contributed by atoms with van der Waals surface area (Å²) in [6, 6.07) is 15.6. The van der Waals surface area contributed by atoms with Crippen LogP contribution in [0.1, 0.15) is 30.9 Å². The first-order chi connectivity index (χ1) is 12.3. The molecule has 4 rings (SSSR count). The minimum Gasteiger partial charge on any atom is -0.490 e. The van der Waals surface area contributed by atoms with E-state index in [-0.39, 0.29) is 12.1 Å². The second-order valence-corrected chi connectivity index (χ2v) is 6.40. The van der Waals surface area contributed by atoms with Crippen molar-refractivity contribution in [3.8, 4) is 11.5 Å². The number of urea groups is 1. The fraction of sp³-hybridized carbons (Fsp3) is 0.350. The van der Waals surface area contributed by atoms with Gasteiger partial charge in [-0.2, -0.15) is 0 Å². The monoisotopic (exact) mass is 338 g/mol. The van der Waals surface area contributed by atoms with Gasteiger partial charge in [0.15, 0.2) is 11.5 Å². The molecule has 0 saturated carbocycles. The van der Waals surface area contributed by atoms with E-state index < -0.39 is 0 Å². The van der Waals surface area contributed by atoms with E-state index in [4.69, 9.17) is 9.47 Å². The van der Waals surface area contributed by atoms with Crippen molar-refractivity contribution >= 4 is 11.7 Å². The summed E-state index contributed by atoms with van der Waals surface area (Å²) in [7, 11) is 0. The molecule has 2 amide bonds. The molecule has 2 aliphatic heterocycles. The van der Waals surface area contributed by atoms with Gasteiger partial charge in [-0.1, -0.05) is 24.3 Å². The Morgan fingerprint density at radius 3 is 2.64 bits per heavy atom. The predicted molar refractivity (Wildman–Crippen MR) is 96.2 cm³/mol. The summed E-state index contributed by atoms with van der Waals surface area (Å²) < 4.78 is 11.5. The fourth-order valence-corrected chi connectivity index (χ4v) is 3.46. The Bertz CT molecular complexity index is 748. The SMILES string of the molecule is O=C(Nc1ccccc1)N1CCCC1c1ccc2c(c1)OCCCO2. The third kappa shape index (κ3) is 3.40. The van der Waals surface area contributed by atoms with Crippen LogP contribution in [0.2, 0.25) is 0 Å². The maximum absolute atomic E-state index is 12.7. The summed E-state index contributed by atoms with van der Waals surface area (Å²) >= 11 is 0. The summed E-state index contributed by atoms with van der Waals surface area (Å²) in [5, 5.41) is 2.99. The lowest BCUT2D eigenvalue weighted by atomic mass is 10.0. The maximum Gasteiger partial charge on any atom is 0.322 e. The standard InChI is InChI=1S/C20H22N2O3/c23-20(21-16-6-2-1-3-7-16)22-11-4-8-17(22)15-9-10-18-19(14-15)25-13-5-12-24-18/h1-3,6-7,9-10,14,17H,4-5,8,11-13H2,(H,21,23). The van der Waals surface area contributed by atoms with Gasteiger partial charge in [0.2, 0.25) is 0 Å². The minimum absolute atomic E-state index is 0.0548. The Morgan fingerprint density at radius 1 is 1.00 bits per heavy atom. The van der Waals surface area contributed by atoms with E-state index >= 15 is 0 Å². The van der Waals surface area contributed by atoms with Gasteiger partial charge >= 0.3 is 6.03 Å². The number of para-hydroxylation sites is 1. The van der Waals surface area contributed by atoms with Crippen LogP contribution in [0.4, 0.5) is 10.5 Å². The van der Waals surface area contributed by atoms with E-state index in [1.807, 2.05) is 53.4 Å². The number of likely N-dealkylation sites (tertiary alicyclic amines) is 1. The second-order valence-electron chi connectivity index (χ2n) is 6.40. The molecule has 1 saturated heterocycles. The molecule has 2 heterocycles. The van der Waals surface area contributed by atoms with E-state index in [0.717, 1.165) is 48.6 Å². The van der Waals surface area contributed by atoms with Gasteiger partial charge in [0, 0.05) is 18.7 Å². The van der Waals surface area contributed by atoms with Gasteiger partial charge in [-0.3, -0.25) is 0 Å². The third-order valence-electron chi connectivity index (χ3n) is 4.70. The lowest BCUT2D eigenvalue weighted by Gasteiger charge is -2.26.